The van der Waals surface area contributed by atoms with E-state index in [2.05, 4.69) is 17.0 Å². The lowest BCUT2D eigenvalue weighted by Crippen LogP contribution is -2.53. The van der Waals surface area contributed by atoms with Crippen molar-refractivity contribution in [2.75, 3.05) is 26.3 Å². The zero-order valence-corrected chi connectivity index (χ0v) is 11.0. The summed E-state index contributed by atoms with van der Waals surface area (Å²) in [6, 6.07) is 9.85. The molecule has 1 aliphatic rings. The van der Waals surface area contributed by atoms with Crippen molar-refractivity contribution in [1.82, 2.24) is 4.90 Å². The second kappa shape index (κ2) is 6.65. The summed E-state index contributed by atoms with van der Waals surface area (Å²) in [5.41, 5.74) is 12.4. The summed E-state index contributed by atoms with van der Waals surface area (Å²) in [7, 11) is 0. The number of hydrogen-bond acceptors (Lipinski definition) is 4. The van der Waals surface area contributed by atoms with E-state index in [-0.39, 0.29) is 18.0 Å². The second-order valence-corrected chi connectivity index (χ2v) is 4.73. The highest BCUT2D eigenvalue weighted by Gasteiger charge is 2.33. The molecule has 1 aliphatic heterocycles. The summed E-state index contributed by atoms with van der Waals surface area (Å²) < 4.78 is 5.36. The van der Waals surface area contributed by atoms with Crippen LogP contribution < -0.4 is 11.5 Å². The Morgan fingerprint density at radius 2 is 2.16 bits per heavy atom. The van der Waals surface area contributed by atoms with Crippen LogP contribution in [0.15, 0.2) is 30.3 Å². The third-order valence-electron chi connectivity index (χ3n) is 3.52. The van der Waals surface area contributed by atoms with Crippen LogP contribution in [0.1, 0.15) is 18.0 Å². The first-order chi connectivity index (χ1) is 9.24. The summed E-state index contributed by atoms with van der Waals surface area (Å²) >= 11 is 0. The fraction of sp³-hybridized carbons (Fsp3) is 0.500. The first-order valence-electron chi connectivity index (χ1n) is 6.62. The van der Waals surface area contributed by atoms with E-state index in [1.54, 1.807) is 0 Å². The molecular weight excluding hydrogens is 242 g/mol. The molecule has 0 radical (unpaired) electrons. The molecule has 1 aromatic rings. The smallest absolute Gasteiger partial charge is 0.237 e. The van der Waals surface area contributed by atoms with Gasteiger partial charge in [0.2, 0.25) is 5.91 Å². The molecule has 5 heteroatoms. The van der Waals surface area contributed by atoms with Crippen LogP contribution in [0.4, 0.5) is 0 Å². The highest BCUT2D eigenvalue weighted by atomic mass is 16.5. The maximum atomic E-state index is 11.6. The fourth-order valence-corrected chi connectivity index (χ4v) is 2.59. The lowest BCUT2D eigenvalue weighted by Gasteiger charge is -2.39. The van der Waals surface area contributed by atoms with E-state index in [1.165, 1.54) is 5.56 Å². The van der Waals surface area contributed by atoms with Crippen LogP contribution in [-0.4, -0.2) is 43.2 Å². The molecule has 0 spiro atoms. The SMILES string of the molecule is NCCC(c1ccccc1)N1CCOCC1C(N)=O. The van der Waals surface area contributed by atoms with Crippen LogP contribution in [-0.2, 0) is 9.53 Å². The Bertz CT molecular complexity index is 410. The molecule has 1 amide bonds. The van der Waals surface area contributed by atoms with E-state index in [1.807, 2.05) is 18.2 Å². The highest BCUT2D eigenvalue weighted by molar-refractivity contribution is 5.80. The number of nitrogens with two attached hydrogens (primary N) is 2. The van der Waals surface area contributed by atoms with Gasteiger partial charge in [0, 0.05) is 12.6 Å². The summed E-state index contributed by atoms with van der Waals surface area (Å²) in [6.45, 7) is 2.26. The Labute approximate surface area is 113 Å². The number of carbonyl (C=O) groups excluding carboxylic acids is 1. The minimum Gasteiger partial charge on any atom is -0.378 e. The number of benzene rings is 1. The van der Waals surface area contributed by atoms with Gasteiger partial charge in [0.25, 0.3) is 0 Å². The van der Waals surface area contributed by atoms with Gasteiger partial charge < -0.3 is 16.2 Å². The number of nitrogens with zero attached hydrogens (tertiary/aromatic N) is 1. The van der Waals surface area contributed by atoms with Crippen LogP contribution in [0, 0.1) is 0 Å². The predicted molar refractivity (Wildman–Crippen MR) is 73.4 cm³/mol. The fourth-order valence-electron chi connectivity index (χ4n) is 2.59. The number of amides is 1. The van der Waals surface area contributed by atoms with Crippen molar-refractivity contribution in [2.45, 2.75) is 18.5 Å². The maximum absolute atomic E-state index is 11.6. The average molecular weight is 263 g/mol. The first kappa shape index (κ1) is 14.0. The molecule has 1 fully saturated rings. The lowest BCUT2D eigenvalue weighted by atomic mass is 9.99. The van der Waals surface area contributed by atoms with Crippen molar-refractivity contribution in [3.63, 3.8) is 0 Å². The molecule has 1 heterocycles. The number of carbonyl (C=O) groups is 1. The molecule has 0 bridgehead atoms. The average Bonchev–Trinajstić information content (AvgIpc) is 2.45. The molecule has 19 heavy (non-hydrogen) atoms. The van der Waals surface area contributed by atoms with Crippen molar-refractivity contribution in [2.24, 2.45) is 11.5 Å². The molecule has 2 atom stereocenters. The van der Waals surface area contributed by atoms with Gasteiger partial charge >= 0.3 is 0 Å². The van der Waals surface area contributed by atoms with Crippen LogP contribution in [0.5, 0.6) is 0 Å². The lowest BCUT2D eigenvalue weighted by molar-refractivity contribution is -0.131. The van der Waals surface area contributed by atoms with Gasteiger partial charge in [-0.05, 0) is 18.5 Å². The third kappa shape index (κ3) is 3.32. The van der Waals surface area contributed by atoms with Crippen molar-refractivity contribution in [3.05, 3.63) is 35.9 Å². The van der Waals surface area contributed by atoms with Gasteiger partial charge in [-0.15, -0.1) is 0 Å². The Hall–Kier alpha value is -1.43. The molecular formula is C14H21N3O2. The molecule has 5 nitrogen and oxygen atoms in total. The number of primary amides is 1. The number of hydrogen-bond donors (Lipinski definition) is 2. The zero-order chi connectivity index (χ0) is 13.7. The molecule has 0 saturated carbocycles. The molecule has 0 aromatic heterocycles. The Morgan fingerprint density at radius 3 is 2.79 bits per heavy atom. The summed E-state index contributed by atoms with van der Waals surface area (Å²) in [6.07, 6.45) is 0.799. The summed E-state index contributed by atoms with van der Waals surface area (Å²) in [5.74, 6) is -0.336. The Morgan fingerprint density at radius 1 is 1.42 bits per heavy atom. The maximum Gasteiger partial charge on any atom is 0.237 e. The second-order valence-electron chi connectivity index (χ2n) is 4.73. The quantitative estimate of drug-likeness (QED) is 0.798. The van der Waals surface area contributed by atoms with E-state index in [0.717, 1.165) is 6.42 Å². The standard InChI is InChI=1S/C14H21N3O2/c15-7-6-12(11-4-2-1-3-5-11)17-8-9-19-10-13(17)14(16)18/h1-5,12-13H,6-10,15H2,(H2,16,18). The van der Waals surface area contributed by atoms with Crippen LogP contribution in [0.2, 0.25) is 0 Å². The van der Waals surface area contributed by atoms with Gasteiger partial charge in [-0.25, -0.2) is 0 Å². The van der Waals surface area contributed by atoms with Crippen molar-refractivity contribution in [3.8, 4) is 0 Å². The number of morpholine rings is 1. The molecule has 4 N–H and O–H groups in total. The molecule has 1 saturated heterocycles. The van der Waals surface area contributed by atoms with Crippen LogP contribution in [0.25, 0.3) is 0 Å². The van der Waals surface area contributed by atoms with Gasteiger partial charge in [0.1, 0.15) is 6.04 Å². The molecule has 0 aliphatic carbocycles. The predicted octanol–water partition coefficient (Wildman–Crippen LogP) is 0.263. The van der Waals surface area contributed by atoms with Crippen LogP contribution >= 0.6 is 0 Å². The summed E-state index contributed by atoms with van der Waals surface area (Å²) in [5, 5.41) is 0. The largest absolute Gasteiger partial charge is 0.378 e. The van der Waals surface area contributed by atoms with E-state index >= 15 is 0 Å². The summed E-state index contributed by atoms with van der Waals surface area (Å²) in [4.78, 5) is 13.7. The van der Waals surface area contributed by atoms with E-state index in [9.17, 15) is 4.79 Å². The molecule has 2 rings (SSSR count). The van der Waals surface area contributed by atoms with E-state index < -0.39 is 0 Å². The van der Waals surface area contributed by atoms with Crippen molar-refractivity contribution >= 4 is 5.91 Å². The van der Waals surface area contributed by atoms with E-state index in [0.29, 0.717) is 26.3 Å². The Balaban J connectivity index is 2.24. The normalized spacial score (nSPS) is 22.1. The minimum absolute atomic E-state index is 0.118. The topological polar surface area (TPSA) is 81.6 Å². The van der Waals surface area contributed by atoms with Gasteiger partial charge in [-0.3, -0.25) is 9.69 Å². The van der Waals surface area contributed by atoms with Crippen molar-refractivity contribution in [1.29, 1.82) is 0 Å². The van der Waals surface area contributed by atoms with Gasteiger partial charge in [-0.2, -0.15) is 0 Å². The Kier molecular flexibility index (Phi) is 4.90. The minimum atomic E-state index is -0.370. The number of rotatable bonds is 5. The van der Waals surface area contributed by atoms with Gasteiger partial charge in [-0.1, -0.05) is 30.3 Å². The van der Waals surface area contributed by atoms with Crippen molar-refractivity contribution < 1.29 is 9.53 Å². The first-order valence-corrected chi connectivity index (χ1v) is 6.62. The third-order valence-corrected chi connectivity index (χ3v) is 3.52. The monoisotopic (exact) mass is 263 g/mol. The molecule has 1 aromatic carbocycles. The molecule has 2 unspecified atom stereocenters. The van der Waals surface area contributed by atoms with Gasteiger partial charge in [0.05, 0.1) is 13.2 Å². The number of ether oxygens (including phenoxy) is 1. The van der Waals surface area contributed by atoms with Crippen LogP contribution in [0.3, 0.4) is 0 Å². The van der Waals surface area contributed by atoms with E-state index in [4.69, 9.17) is 16.2 Å². The van der Waals surface area contributed by atoms with Gasteiger partial charge in [0.15, 0.2) is 0 Å². The zero-order valence-electron chi connectivity index (χ0n) is 11.0. The highest BCUT2D eigenvalue weighted by Crippen LogP contribution is 2.27. The molecule has 104 valence electrons.